The summed E-state index contributed by atoms with van der Waals surface area (Å²) in [6.07, 6.45) is 1.45. The molecule has 0 bridgehead atoms. The van der Waals surface area contributed by atoms with Crippen molar-refractivity contribution in [2.45, 2.75) is 0 Å². The molecular weight excluding hydrogens is 463 g/mol. The van der Waals surface area contributed by atoms with Gasteiger partial charge in [0.05, 0.1) is 21.8 Å². The summed E-state index contributed by atoms with van der Waals surface area (Å²) in [5.74, 6) is -0.116. The summed E-state index contributed by atoms with van der Waals surface area (Å²) in [6, 6.07) is 17.7. The Kier molecular flexibility index (Phi) is 7.89. The standard InChI is InChI=1S/C22H15Cl3N2O4/c23-16-4-8-17(9-5-16)30-13-21(28)27-26-12-14-1-6-18(7-2-14)31-22(29)15-3-10-19(24)20(25)11-15/h1-12H,13H2,(H,27,28)/b26-12-. The number of amides is 1. The zero-order valence-electron chi connectivity index (χ0n) is 15.8. The van der Waals surface area contributed by atoms with E-state index in [-0.39, 0.29) is 17.2 Å². The van der Waals surface area contributed by atoms with Crippen molar-refractivity contribution in [3.8, 4) is 11.5 Å². The molecule has 6 nitrogen and oxygen atoms in total. The van der Waals surface area contributed by atoms with Crippen LogP contribution >= 0.6 is 34.8 Å². The molecule has 0 spiro atoms. The molecule has 31 heavy (non-hydrogen) atoms. The summed E-state index contributed by atoms with van der Waals surface area (Å²) in [5.41, 5.74) is 3.33. The molecule has 0 fully saturated rings. The van der Waals surface area contributed by atoms with E-state index in [0.717, 1.165) is 0 Å². The summed E-state index contributed by atoms with van der Waals surface area (Å²) in [6.45, 7) is -0.192. The number of hydrogen-bond donors (Lipinski definition) is 1. The third-order valence-electron chi connectivity index (χ3n) is 3.83. The lowest BCUT2D eigenvalue weighted by atomic mass is 10.2. The molecule has 9 heteroatoms. The highest BCUT2D eigenvalue weighted by Crippen LogP contribution is 2.23. The predicted molar refractivity (Wildman–Crippen MR) is 121 cm³/mol. The second kappa shape index (κ2) is 10.8. The minimum atomic E-state index is -0.562. The second-order valence-electron chi connectivity index (χ2n) is 6.12. The molecule has 0 heterocycles. The summed E-state index contributed by atoms with van der Waals surface area (Å²) < 4.78 is 10.6. The van der Waals surface area contributed by atoms with Gasteiger partial charge in [0.2, 0.25) is 0 Å². The fourth-order valence-electron chi connectivity index (χ4n) is 2.30. The molecule has 158 valence electrons. The molecule has 0 saturated carbocycles. The number of rotatable bonds is 7. The summed E-state index contributed by atoms with van der Waals surface area (Å²) >= 11 is 17.5. The van der Waals surface area contributed by atoms with Gasteiger partial charge in [-0.15, -0.1) is 0 Å². The van der Waals surface area contributed by atoms with Gasteiger partial charge in [0.1, 0.15) is 11.5 Å². The Bertz CT molecular complexity index is 1100. The van der Waals surface area contributed by atoms with Gasteiger partial charge in [-0.25, -0.2) is 10.2 Å². The quantitative estimate of drug-likeness (QED) is 0.214. The zero-order chi connectivity index (χ0) is 22.2. The Balaban J connectivity index is 1.47. The van der Waals surface area contributed by atoms with Crippen molar-refractivity contribution in [2.24, 2.45) is 5.10 Å². The minimum Gasteiger partial charge on any atom is -0.484 e. The number of esters is 1. The lowest BCUT2D eigenvalue weighted by Gasteiger charge is -2.06. The van der Waals surface area contributed by atoms with E-state index in [1.165, 1.54) is 24.4 Å². The third kappa shape index (κ3) is 7.00. The van der Waals surface area contributed by atoms with Gasteiger partial charge in [0.15, 0.2) is 6.61 Å². The van der Waals surface area contributed by atoms with Crippen LogP contribution in [0.3, 0.4) is 0 Å². The van der Waals surface area contributed by atoms with E-state index in [0.29, 0.717) is 27.1 Å². The molecule has 0 aromatic heterocycles. The molecule has 3 aromatic carbocycles. The molecule has 0 unspecified atom stereocenters. The van der Waals surface area contributed by atoms with E-state index in [1.54, 1.807) is 48.5 Å². The number of carbonyl (C=O) groups is 2. The molecular formula is C22H15Cl3N2O4. The predicted octanol–water partition coefficient (Wildman–Crippen LogP) is 5.40. The summed E-state index contributed by atoms with van der Waals surface area (Å²) in [7, 11) is 0. The third-order valence-corrected chi connectivity index (χ3v) is 4.82. The minimum absolute atomic E-state index is 0.192. The van der Waals surface area contributed by atoms with Crippen LogP contribution in [0, 0.1) is 0 Å². The van der Waals surface area contributed by atoms with Gasteiger partial charge in [0, 0.05) is 5.02 Å². The Morgan fingerprint density at radius 3 is 2.23 bits per heavy atom. The summed E-state index contributed by atoms with van der Waals surface area (Å²) in [4.78, 5) is 24.0. The van der Waals surface area contributed by atoms with E-state index < -0.39 is 11.9 Å². The molecule has 1 N–H and O–H groups in total. The molecule has 0 saturated heterocycles. The first kappa shape index (κ1) is 22.6. The largest absolute Gasteiger partial charge is 0.484 e. The van der Waals surface area contributed by atoms with Crippen LogP contribution in [-0.4, -0.2) is 24.7 Å². The highest BCUT2D eigenvalue weighted by Gasteiger charge is 2.10. The topological polar surface area (TPSA) is 77.0 Å². The van der Waals surface area contributed by atoms with E-state index in [4.69, 9.17) is 44.3 Å². The van der Waals surface area contributed by atoms with Gasteiger partial charge in [-0.1, -0.05) is 34.8 Å². The van der Waals surface area contributed by atoms with Crippen molar-refractivity contribution in [1.82, 2.24) is 5.43 Å². The number of halogens is 3. The van der Waals surface area contributed by atoms with Crippen LogP contribution in [0.1, 0.15) is 15.9 Å². The number of nitrogens with one attached hydrogen (secondary N) is 1. The molecule has 3 aromatic rings. The molecule has 3 rings (SSSR count). The van der Waals surface area contributed by atoms with Crippen molar-refractivity contribution >= 4 is 52.9 Å². The Morgan fingerprint density at radius 1 is 0.871 bits per heavy atom. The number of ether oxygens (including phenoxy) is 2. The molecule has 0 aliphatic carbocycles. The van der Waals surface area contributed by atoms with E-state index in [2.05, 4.69) is 10.5 Å². The Morgan fingerprint density at radius 2 is 1.55 bits per heavy atom. The van der Waals surface area contributed by atoms with Gasteiger partial charge < -0.3 is 9.47 Å². The number of hydrogen-bond acceptors (Lipinski definition) is 5. The lowest BCUT2D eigenvalue weighted by molar-refractivity contribution is -0.123. The van der Waals surface area contributed by atoms with Gasteiger partial charge in [-0.3, -0.25) is 4.79 Å². The van der Waals surface area contributed by atoms with E-state index in [1.807, 2.05) is 0 Å². The second-order valence-corrected chi connectivity index (χ2v) is 7.37. The first-order valence-electron chi connectivity index (χ1n) is 8.88. The molecule has 0 aliphatic heterocycles. The van der Waals surface area contributed by atoms with Crippen LogP contribution in [0.25, 0.3) is 0 Å². The fraction of sp³-hybridized carbons (Fsp3) is 0.0455. The van der Waals surface area contributed by atoms with Crippen LogP contribution in [0.5, 0.6) is 11.5 Å². The average molecular weight is 478 g/mol. The Hall–Kier alpha value is -3.06. The van der Waals surface area contributed by atoms with Crippen molar-refractivity contribution in [1.29, 1.82) is 0 Å². The van der Waals surface area contributed by atoms with E-state index >= 15 is 0 Å². The van der Waals surface area contributed by atoms with Gasteiger partial charge in [-0.2, -0.15) is 5.10 Å². The highest BCUT2D eigenvalue weighted by molar-refractivity contribution is 6.42. The highest BCUT2D eigenvalue weighted by atomic mass is 35.5. The average Bonchev–Trinajstić information content (AvgIpc) is 2.76. The monoisotopic (exact) mass is 476 g/mol. The SMILES string of the molecule is O=C(COc1ccc(Cl)cc1)N/N=C\c1ccc(OC(=O)c2ccc(Cl)c(Cl)c2)cc1. The van der Waals surface area contributed by atoms with Crippen LogP contribution in [0.4, 0.5) is 0 Å². The molecule has 0 radical (unpaired) electrons. The number of benzene rings is 3. The van der Waals surface area contributed by atoms with Crippen molar-refractivity contribution in [3.63, 3.8) is 0 Å². The maximum atomic E-state index is 12.2. The Labute approximate surface area is 193 Å². The normalized spacial score (nSPS) is 10.7. The smallest absolute Gasteiger partial charge is 0.343 e. The van der Waals surface area contributed by atoms with Crippen LogP contribution in [0.2, 0.25) is 15.1 Å². The van der Waals surface area contributed by atoms with E-state index in [9.17, 15) is 9.59 Å². The zero-order valence-corrected chi connectivity index (χ0v) is 18.1. The number of carbonyl (C=O) groups excluding carboxylic acids is 2. The van der Waals surface area contributed by atoms with Crippen molar-refractivity contribution in [3.05, 3.63) is 92.9 Å². The fourth-order valence-corrected chi connectivity index (χ4v) is 2.73. The summed E-state index contributed by atoms with van der Waals surface area (Å²) in [5, 5.41) is 5.06. The molecule has 0 atom stereocenters. The lowest BCUT2D eigenvalue weighted by Crippen LogP contribution is -2.24. The number of hydrazone groups is 1. The van der Waals surface area contributed by atoms with Gasteiger partial charge in [0.25, 0.3) is 5.91 Å². The molecule has 1 amide bonds. The van der Waals surface area contributed by atoms with Crippen LogP contribution in [0.15, 0.2) is 71.8 Å². The van der Waals surface area contributed by atoms with Crippen LogP contribution < -0.4 is 14.9 Å². The number of nitrogens with zero attached hydrogens (tertiary/aromatic N) is 1. The first-order chi connectivity index (χ1) is 14.9. The van der Waals surface area contributed by atoms with Crippen molar-refractivity contribution < 1.29 is 19.1 Å². The van der Waals surface area contributed by atoms with Gasteiger partial charge in [-0.05, 0) is 72.3 Å². The van der Waals surface area contributed by atoms with Crippen molar-refractivity contribution in [2.75, 3.05) is 6.61 Å². The van der Waals surface area contributed by atoms with Gasteiger partial charge >= 0.3 is 5.97 Å². The maximum Gasteiger partial charge on any atom is 0.343 e. The van der Waals surface area contributed by atoms with Crippen LogP contribution in [-0.2, 0) is 4.79 Å². The first-order valence-corrected chi connectivity index (χ1v) is 10.0. The molecule has 0 aliphatic rings. The maximum absolute atomic E-state index is 12.2.